The molecule has 0 aliphatic carbocycles. The number of esters is 1. The van der Waals surface area contributed by atoms with Crippen molar-refractivity contribution >= 4 is 88.3 Å². The number of aliphatic hydroxyl groups is 1. The number of ether oxygens (including phenoxy) is 6. The van der Waals surface area contributed by atoms with Gasteiger partial charge in [-0.05, 0) is 57.7 Å². The first kappa shape index (κ1) is 61.5. The van der Waals surface area contributed by atoms with Crippen LogP contribution in [0, 0.1) is 12.8 Å². The van der Waals surface area contributed by atoms with Gasteiger partial charge < -0.3 is 48.2 Å². The molecule has 5 aliphatic rings. The summed E-state index contributed by atoms with van der Waals surface area (Å²) in [5, 5.41) is 14.3. The Bertz CT molecular complexity index is 2550. The molecule has 5 aliphatic heterocycles. The first-order valence-corrected chi connectivity index (χ1v) is 27.3. The first-order chi connectivity index (χ1) is 36.9. The number of imide groups is 2. The van der Waals surface area contributed by atoms with E-state index >= 15 is 0 Å². The molecule has 0 saturated carbocycles. The fourth-order valence-electron chi connectivity index (χ4n) is 9.63. The van der Waals surface area contributed by atoms with Crippen molar-refractivity contribution in [2.45, 2.75) is 146 Å². The van der Waals surface area contributed by atoms with Crippen LogP contribution in [0.2, 0.25) is 5.02 Å². The largest absolute Gasteiger partial charge is 0.457 e. The molecule has 2 N–H and O–H groups in total. The minimum Gasteiger partial charge on any atom is -0.457 e. The van der Waals surface area contributed by atoms with Gasteiger partial charge in [0.05, 0.1) is 41.7 Å². The van der Waals surface area contributed by atoms with Gasteiger partial charge in [0.1, 0.15) is 42.3 Å². The summed E-state index contributed by atoms with van der Waals surface area (Å²) in [6.45, 7) is 8.38. The minimum atomic E-state index is -1.88. The lowest BCUT2D eigenvalue weighted by Gasteiger charge is -2.42. The van der Waals surface area contributed by atoms with Crippen LogP contribution in [0.25, 0.3) is 0 Å². The number of amides is 7. The Hall–Kier alpha value is -5.76. The molecule has 23 nitrogen and oxygen atoms in total. The normalized spacial score (nSPS) is 28.1. The molecule has 1 aromatic carbocycles. The highest BCUT2D eigenvalue weighted by Gasteiger charge is 2.64. The lowest BCUT2D eigenvalue weighted by atomic mass is 9.83. The van der Waals surface area contributed by atoms with Crippen LogP contribution in [0.5, 0.6) is 0 Å². The predicted octanol–water partition coefficient (Wildman–Crippen LogP) is 3.44. The maximum atomic E-state index is 14.3. The van der Waals surface area contributed by atoms with E-state index in [-0.39, 0.29) is 89.3 Å². The van der Waals surface area contributed by atoms with Crippen LogP contribution in [0.4, 0.5) is 10.5 Å². The van der Waals surface area contributed by atoms with Crippen molar-refractivity contribution in [1.29, 1.82) is 0 Å². The number of allylic oxidation sites excluding steroid dienone is 3. The second kappa shape index (κ2) is 26.9. The molecule has 9 atom stereocenters. The number of rotatable bonds is 21. The van der Waals surface area contributed by atoms with Crippen molar-refractivity contribution in [1.82, 2.24) is 20.2 Å². The molecule has 0 aromatic heterocycles. The molecule has 0 spiro atoms. The second-order valence-electron chi connectivity index (χ2n) is 20.3. The fourth-order valence-corrected chi connectivity index (χ4v) is 11.0. The number of fused-ring (bicyclic) bond motifs is 5. The fraction of sp³-hybridized carbons (Fsp3) is 0.623. The van der Waals surface area contributed by atoms with E-state index in [0.29, 0.717) is 28.6 Å². The molecule has 4 fully saturated rings. The van der Waals surface area contributed by atoms with Crippen molar-refractivity contribution in [2.75, 3.05) is 64.8 Å². The van der Waals surface area contributed by atoms with Crippen LogP contribution in [0.3, 0.4) is 0 Å². The molecule has 78 heavy (non-hydrogen) atoms. The van der Waals surface area contributed by atoms with E-state index in [2.05, 4.69) is 5.32 Å². The Kier molecular flexibility index (Phi) is 21.2. The van der Waals surface area contributed by atoms with Crippen molar-refractivity contribution in [3.63, 3.8) is 0 Å². The smallest absolute Gasteiger partial charge is 0.409 e. The van der Waals surface area contributed by atoms with Gasteiger partial charge >= 0.3 is 18.0 Å². The van der Waals surface area contributed by atoms with Gasteiger partial charge in [0.25, 0.3) is 11.8 Å². The number of nitrogens with one attached hydrogen (secondary N) is 1. The van der Waals surface area contributed by atoms with Gasteiger partial charge in [-0.2, -0.15) is 0 Å². The monoisotopic (exact) mass is 1130 g/mol. The quantitative estimate of drug-likeness (QED) is 0.0771. The Labute approximate surface area is 461 Å². The first-order valence-electron chi connectivity index (χ1n) is 25.8. The minimum absolute atomic E-state index is 0.0135. The third kappa shape index (κ3) is 15.3. The zero-order chi connectivity index (χ0) is 57.2. The Morgan fingerprint density at radius 2 is 1.68 bits per heavy atom. The highest BCUT2D eigenvalue weighted by Crippen LogP contribution is 2.49. The lowest BCUT2D eigenvalue weighted by molar-refractivity contribution is -0.200. The lowest BCUT2D eigenvalue weighted by Crippen LogP contribution is -2.63. The highest BCUT2D eigenvalue weighted by atomic mass is 35.5. The number of hydrogen-bond donors (Lipinski definition) is 2. The van der Waals surface area contributed by atoms with Crippen LogP contribution in [0.15, 0.2) is 35.9 Å². The number of benzene rings is 1. The molecule has 25 heteroatoms. The number of carbonyl (C=O) groups is 10. The number of likely N-dealkylation sites (tertiary alicyclic amines) is 1. The number of anilines is 1. The maximum absolute atomic E-state index is 14.3. The molecule has 6 rings (SSSR count). The van der Waals surface area contributed by atoms with E-state index < -0.39 is 113 Å². The zero-order valence-corrected chi connectivity index (χ0v) is 46.8. The number of likely N-dealkylation sites (N-methyl/N-ethyl adjacent to an activating group) is 1. The summed E-state index contributed by atoms with van der Waals surface area (Å²) in [6.07, 6.45) is 0.637. The molecular formula is C53H70ClN5O18S. The van der Waals surface area contributed by atoms with Gasteiger partial charge in [0.15, 0.2) is 5.72 Å². The van der Waals surface area contributed by atoms with Gasteiger partial charge in [-0.25, -0.2) is 14.4 Å². The Morgan fingerprint density at radius 3 is 2.38 bits per heavy atom. The summed E-state index contributed by atoms with van der Waals surface area (Å²) in [4.78, 5) is 137. The Morgan fingerprint density at radius 1 is 0.974 bits per heavy atom. The number of hydrogen-bond acceptors (Lipinski definition) is 19. The van der Waals surface area contributed by atoms with Crippen molar-refractivity contribution < 1.29 is 86.3 Å². The number of methoxy groups -OCH3 is 1. The van der Waals surface area contributed by atoms with E-state index in [9.17, 15) is 53.1 Å². The van der Waals surface area contributed by atoms with E-state index in [0.717, 1.165) is 33.4 Å². The summed E-state index contributed by atoms with van der Waals surface area (Å²) >= 11 is 7.93. The average molecular weight is 1130 g/mol. The number of halogens is 1. The number of alkyl carbamates (subject to hydrolysis) is 1. The second-order valence-corrected chi connectivity index (χ2v) is 22.0. The van der Waals surface area contributed by atoms with Crippen LogP contribution >= 0.6 is 23.4 Å². The van der Waals surface area contributed by atoms with E-state index in [1.807, 2.05) is 32.1 Å². The number of ketones is 1. The predicted molar refractivity (Wildman–Crippen MR) is 279 cm³/mol. The van der Waals surface area contributed by atoms with E-state index in [4.69, 9.17) is 44.9 Å². The van der Waals surface area contributed by atoms with Crippen LogP contribution < -0.4 is 10.2 Å². The standard InChI is InChI=1S/C53H70ClN5O18S/c1-30-11-9-13-39(71-8)53(70)28-37(74-51(69)55-53)32(3)48-52(5,76-48)40(27-44(64)57(7)36-25-34(23-30)24-31(2)47(36)54)75-50(68)33(4)56(6)41(61)17-22-78-38-26-45(65)58(49(38)67)18-16-35(60)12-10-19-72-20-21-73-29-46(66)77-59-42(62)14-15-43(59)63/h9,11,13,24-25,32-33,37-40,48,70H,10,12,14-23,26-29H2,1-8H3,(H,55,69)/b13-9+,30-11+/t32-,33+,37+,38?,39-,40?,48+,52+,53+/m1/s1. The zero-order valence-electron chi connectivity index (χ0n) is 45.2. The van der Waals surface area contributed by atoms with Gasteiger partial charge in [-0.15, -0.1) is 16.8 Å². The number of thioether (sulfide) groups is 1. The SMILES string of the molecule is CO[C@@H]1/C=C/C=C(\C)Cc2cc(C)c(Cl)c(c2)N(C)C(=O)CC(OC(=O)[C@H](C)N(C)C(=O)CCSC2CC(=O)N(CCC(=O)CCCOCCOCC(=O)ON3C(=O)CCC3=O)C2=O)[C@]2(C)O[C@H]2[C@H](C)[C@@H]2C[C@@]1(O)NC(=O)O2. The van der Waals surface area contributed by atoms with Crippen molar-refractivity contribution in [3.8, 4) is 0 Å². The summed E-state index contributed by atoms with van der Waals surface area (Å²) in [5.41, 5.74) is -0.242. The molecule has 7 amide bonds. The number of carbonyl (C=O) groups excluding carboxylic acids is 10. The third-order valence-corrected chi connectivity index (χ3v) is 16.2. The van der Waals surface area contributed by atoms with Crippen LogP contribution in [-0.4, -0.2) is 186 Å². The highest BCUT2D eigenvalue weighted by molar-refractivity contribution is 8.00. The van der Waals surface area contributed by atoms with Gasteiger partial charge in [-0.3, -0.25) is 43.8 Å². The summed E-state index contributed by atoms with van der Waals surface area (Å²) in [5.74, 6) is -5.45. The van der Waals surface area contributed by atoms with Gasteiger partial charge in [0.2, 0.25) is 23.6 Å². The molecule has 4 bridgehead atoms. The topological polar surface area (TPSA) is 284 Å². The Balaban J connectivity index is 0.994. The number of epoxide rings is 1. The molecule has 4 saturated heterocycles. The van der Waals surface area contributed by atoms with E-state index in [1.54, 1.807) is 33.0 Å². The van der Waals surface area contributed by atoms with Gasteiger partial charge in [-0.1, -0.05) is 48.4 Å². The van der Waals surface area contributed by atoms with Crippen molar-refractivity contribution in [2.24, 2.45) is 5.92 Å². The third-order valence-electron chi connectivity index (χ3n) is 14.5. The molecule has 428 valence electrons. The van der Waals surface area contributed by atoms with Crippen molar-refractivity contribution in [3.05, 3.63) is 52.1 Å². The molecule has 5 heterocycles. The number of aryl methyl sites for hydroxylation is 1. The van der Waals surface area contributed by atoms with E-state index in [1.165, 1.54) is 30.9 Å². The average Bonchev–Trinajstić information content (AvgIpc) is 3.96. The summed E-state index contributed by atoms with van der Waals surface area (Å²) in [7, 11) is 4.40. The summed E-state index contributed by atoms with van der Waals surface area (Å²) < 4.78 is 34.3. The molecule has 0 radical (unpaired) electrons. The van der Waals surface area contributed by atoms with Crippen LogP contribution in [0.1, 0.15) is 96.6 Å². The number of hydroxylamine groups is 2. The molecular weight excluding hydrogens is 1060 g/mol. The maximum Gasteiger partial charge on any atom is 0.409 e. The van der Waals surface area contributed by atoms with Gasteiger partial charge in [0, 0.05) is 91.0 Å². The molecule has 2 unspecified atom stereocenters. The number of Topliss-reactive ketones (excluding diaryl/α,β-unsaturated/α-hetero) is 1. The number of nitrogens with zero attached hydrogens (tertiary/aromatic N) is 4. The van der Waals surface area contributed by atoms with Crippen LogP contribution in [-0.2, 0) is 82.8 Å². The summed E-state index contributed by atoms with van der Waals surface area (Å²) in [6, 6.07) is 2.57. The molecule has 1 aromatic rings.